The summed E-state index contributed by atoms with van der Waals surface area (Å²) in [6.07, 6.45) is 3.26. The molecule has 2 aliphatic rings. The van der Waals surface area contributed by atoms with E-state index in [0.29, 0.717) is 12.8 Å². The summed E-state index contributed by atoms with van der Waals surface area (Å²) in [5.41, 5.74) is 2.47. The molecule has 0 bridgehead atoms. The highest BCUT2D eigenvalue weighted by atomic mass is 35.5. The van der Waals surface area contributed by atoms with Crippen LogP contribution in [0.5, 0.6) is 5.75 Å². The van der Waals surface area contributed by atoms with E-state index in [2.05, 4.69) is 6.92 Å². The predicted molar refractivity (Wildman–Crippen MR) is 98.9 cm³/mol. The van der Waals surface area contributed by atoms with Gasteiger partial charge in [-0.25, -0.2) is 4.79 Å². The fourth-order valence-corrected chi connectivity index (χ4v) is 4.44. The van der Waals surface area contributed by atoms with E-state index in [0.717, 1.165) is 29.5 Å². The maximum absolute atomic E-state index is 12.0. The molecule has 2 atom stereocenters. The Morgan fingerprint density at radius 1 is 1.38 bits per heavy atom. The van der Waals surface area contributed by atoms with Crippen molar-refractivity contribution in [3.05, 3.63) is 33.3 Å². The lowest BCUT2D eigenvalue weighted by Crippen LogP contribution is -2.28. The number of fused-ring (bicyclic) bond motifs is 3. The number of ketones is 1. The van der Waals surface area contributed by atoms with Gasteiger partial charge in [0.1, 0.15) is 10.8 Å². The van der Waals surface area contributed by atoms with E-state index in [1.54, 1.807) is 12.1 Å². The maximum Gasteiger partial charge on any atom is 0.344 e. The number of aliphatic hydroxyl groups is 1. The topological polar surface area (TPSA) is 83.8 Å². The summed E-state index contributed by atoms with van der Waals surface area (Å²) in [6.45, 7) is 1.77. The van der Waals surface area contributed by atoms with Crippen molar-refractivity contribution >= 4 is 40.5 Å². The standard InChI is InChI=1S/C19H20Cl2O5/c1-2-19-5-3-11(23)8-12(19)15-10(9-19)7-14(16(20)17(15)21)26-13(4-6-22)18(24)25/h7-8,13,22H,2-6,9H2,1H3,(H,24,25). The minimum atomic E-state index is -1.21. The van der Waals surface area contributed by atoms with Gasteiger partial charge < -0.3 is 14.9 Å². The van der Waals surface area contributed by atoms with E-state index in [4.69, 9.17) is 33.0 Å². The molecule has 0 spiro atoms. The molecule has 1 aromatic rings. The number of halogens is 2. The summed E-state index contributed by atoms with van der Waals surface area (Å²) in [7, 11) is 0. The van der Waals surface area contributed by atoms with Crippen molar-refractivity contribution in [3.8, 4) is 5.75 Å². The second-order valence-corrected chi connectivity index (χ2v) is 7.58. The number of aliphatic hydroxyl groups excluding tert-OH is 1. The molecule has 1 aromatic carbocycles. The number of ether oxygens (including phenoxy) is 1. The van der Waals surface area contributed by atoms with Crippen molar-refractivity contribution in [1.82, 2.24) is 0 Å². The number of carbonyl (C=O) groups excluding carboxylic acids is 1. The Bertz CT molecular complexity index is 802. The third-order valence-corrected chi connectivity index (χ3v) is 6.24. The van der Waals surface area contributed by atoms with Crippen LogP contribution in [0.2, 0.25) is 10.0 Å². The van der Waals surface area contributed by atoms with Crippen molar-refractivity contribution in [2.24, 2.45) is 5.41 Å². The fourth-order valence-electron chi connectivity index (χ4n) is 3.93. The summed E-state index contributed by atoms with van der Waals surface area (Å²) >= 11 is 12.9. The molecule has 2 unspecified atom stereocenters. The second-order valence-electron chi connectivity index (χ2n) is 6.83. The molecular weight excluding hydrogens is 379 g/mol. The molecule has 2 aliphatic carbocycles. The third-order valence-electron chi connectivity index (χ3n) is 5.39. The molecule has 26 heavy (non-hydrogen) atoms. The molecule has 0 aromatic heterocycles. The van der Waals surface area contributed by atoms with Crippen molar-refractivity contribution in [1.29, 1.82) is 0 Å². The normalized spacial score (nSPS) is 22.5. The first-order valence-corrected chi connectivity index (χ1v) is 9.35. The average molecular weight is 399 g/mol. The molecule has 0 radical (unpaired) electrons. The minimum absolute atomic E-state index is 0.0566. The number of carboxylic acid groups (broad SMARTS) is 1. The molecular formula is C19H20Cl2O5. The molecule has 0 saturated carbocycles. The van der Waals surface area contributed by atoms with Crippen LogP contribution in [-0.4, -0.2) is 34.7 Å². The summed E-state index contributed by atoms with van der Waals surface area (Å²) in [4.78, 5) is 23.3. The lowest BCUT2D eigenvalue weighted by atomic mass is 9.71. The number of hydrogen-bond acceptors (Lipinski definition) is 4. The highest BCUT2D eigenvalue weighted by molar-refractivity contribution is 6.44. The van der Waals surface area contributed by atoms with Gasteiger partial charge in [-0.3, -0.25) is 4.79 Å². The van der Waals surface area contributed by atoms with Gasteiger partial charge in [-0.1, -0.05) is 30.1 Å². The zero-order chi connectivity index (χ0) is 19.1. The van der Waals surface area contributed by atoms with Gasteiger partial charge in [-0.05, 0) is 42.5 Å². The number of carbonyl (C=O) groups is 2. The Hall–Kier alpha value is -1.56. The second kappa shape index (κ2) is 7.22. The van der Waals surface area contributed by atoms with Crippen molar-refractivity contribution < 1.29 is 24.5 Å². The van der Waals surface area contributed by atoms with Gasteiger partial charge >= 0.3 is 5.97 Å². The van der Waals surface area contributed by atoms with Crippen LogP contribution in [0.1, 0.15) is 43.7 Å². The zero-order valence-corrected chi connectivity index (χ0v) is 15.9. The molecule has 3 rings (SSSR count). The number of carboxylic acids is 1. The fraction of sp³-hybridized carbons (Fsp3) is 0.474. The molecule has 0 aliphatic heterocycles. The van der Waals surface area contributed by atoms with Crippen LogP contribution >= 0.6 is 23.2 Å². The number of allylic oxidation sites excluding steroid dienone is 2. The zero-order valence-electron chi connectivity index (χ0n) is 14.3. The molecule has 0 amide bonds. The van der Waals surface area contributed by atoms with Crippen LogP contribution in [0, 0.1) is 5.41 Å². The maximum atomic E-state index is 12.0. The molecule has 0 saturated heterocycles. The van der Waals surface area contributed by atoms with Crippen LogP contribution in [0.3, 0.4) is 0 Å². The van der Waals surface area contributed by atoms with E-state index in [1.165, 1.54) is 0 Å². The van der Waals surface area contributed by atoms with Gasteiger partial charge in [0, 0.05) is 30.4 Å². The van der Waals surface area contributed by atoms with Gasteiger partial charge in [0.05, 0.1) is 5.02 Å². The molecule has 0 fully saturated rings. The van der Waals surface area contributed by atoms with E-state index < -0.39 is 12.1 Å². The van der Waals surface area contributed by atoms with Gasteiger partial charge in [0.2, 0.25) is 0 Å². The lowest BCUT2D eigenvalue weighted by molar-refractivity contribution is -0.145. The van der Waals surface area contributed by atoms with Crippen molar-refractivity contribution in [3.63, 3.8) is 0 Å². The van der Waals surface area contributed by atoms with Crippen LogP contribution in [-0.2, 0) is 16.0 Å². The smallest absolute Gasteiger partial charge is 0.344 e. The van der Waals surface area contributed by atoms with Crippen molar-refractivity contribution in [2.45, 2.75) is 45.1 Å². The Morgan fingerprint density at radius 3 is 2.73 bits per heavy atom. The first-order valence-electron chi connectivity index (χ1n) is 8.59. The number of aliphatic carboxylic acids is 1. The molecule has 2 N–H and O–H groups in total. The lowest BCUT2D eigenvalue weighted by Gasteiger charge is -2.32. The monoisotopic (exact) mass is 398 g/mol. The Labute approximate surface area is 161 Å². The SMILES string of the molecule is CCC12CCC(=O)C=C1c1c(cc(OC(CCO)C(=O)O)c(Cl)c1Cl)C2. The third kappa shape index (κ3) is 3.13. The summed E-state index contributed by atoms with van der Waals surface area (Å²) in [5.74, 6) is -0.912. The molecule has 5 nitrogen and oxygen atoms in total. The van der Waals surface area contributed by atoms with Gasteiger partial charge in [-0.2, -0.15) is 0 Å². The van der Waals surface area contributed by atoms with Gasteiger partial charge in [-0.15, -0.1) is 0 Å². The summed E-state index contributed by atoms with van der Waals surface area (Å²) < 4.78 is 5.53. The van der Waals surface area contributed by atoms with Crippen LogP contribution in [0.25, 0.3) is 5.57 Å². The largest absolute Gasteiger partial charge is 0.479 e. The quantitative estimate of drug-likeness (QED) is 0.758. The number of rotatable bonds is 6. The van der Waals surface area contributed by atoms with Gasteiger partial charge in [0.15, 0.2) is 11.9 Å². The molecule has 0 heterocycles. The highest BCUT2D eigenvalue weighted by Crippen LogP contribution is 2.57. The Morgan fingerprint density at radius 2 is 2.12 bits per heavy atom. The van der Waals surface area contributed by atoms with E-state index >= 15 is 0 Å². The van der Waals surface area contributed by atoms with E-state index in [-0.39, 0.29) is 40.0 Å². The van der Waals surface area contributed by atoms with E-state index in [9.17, 15) is 14.7 Å². The minimum Gasteiger partial charge on any atom is -0.479 e. The number of benzene rings is 1. The molecule has 140 valence electrons. The number of hydrogen-bond donors (Lipinski definition) is 2. The van der Waals surface area contributed by atoms with Crippen LogP contribution in [0.15, 0.2) is 12.1 Å². The van der Waals surface area contributed by atoms with E-state index in [1.807, 2.05) is 0 Å². The van der Waals surface area contributed by atoms with Crippen LogP contribution < -0.4 is 4.74 Å². The highest BCUT2D eigenvalue weighted by Gasteiger charge is 2.44. The summed E-state index contributed by atoms with van der Waals surface area (Å²) in [6, 6.07) is 1.72. The molecule has 7 heteroatoms. The predicted octanol–water partition coefficient (Wildman–Crippen LogP) is 3.91. The van der Waals surface area contributed by atoms with Crippen LogP contribution in [0.4, 0.5) is 0 Å². The Balaban J connectivity index is 2.06. The first-order chi connectivity index (χ1) is 12.3. The van der Waals surface area contributed by atoms with Gasteiger partial charge in [0.25, 0.3) is 0 Å². The first kappa shape index (κ1) is 19.2. The average Bonchev–Trinajstić information content (AvgIpc) is 2.92. The summed E-state index contributed by atoms with van der Waals surface area (Å²) in [5, 5.41) is 18.7. The van der Waals surface area contributed by atoms with Crippen molar-refractivity contribution in [2.75, 3.05) is 6.61 Å². The Kier molecular flexibility index (Phi) is 5.33.